The summed E-state index contributed by atoms with van der Waals surface area (Å²) in [6.45, 7) is 3.87. The van der Waals surface area contributed by atoms with E-state index in [0.717, 1.165) is 17.1 Å². The normalized spacial score (nSPS) is 14.8. The molecule has 0 saturated carbocycles. The molecule has 0 aliphatic carbocycles. The Balaban J connectivity index is 1.73. The Hall–Kier alpha value is -2.14. The van der Waals surface area contributed by atoms with E-state index in [9.17, 15) is 0 Å². The smallest absolute Gasteiger partial charge is 0.203 e. The van der Waals surface area contributed by atoms with Crippen molar-refractivity contribution in [3.8, 4) is 17.2 Å². The third kappa shape index (κ3) is 2.97. The number of nitrogens with one attached hydrogen (secondary N) is 1. The van der Waals surface area contributed by atoms with E-state index in [2.05, 4.69) is 12.2 Å². The van der Waals surface area contributed by atoms with Gasteiger partial charge in [0.2, 0.25) is 5.75 Å². The molecule has 0 bridgehead atoms. The van der Waals surface area contributed by atoms with Crippen LogP contribution in [0.2, 0.25) is 0 Å². The van der Waals surface area contributed by atoms with Crippen LogP contribution in [0.5, 0.6) is 17.2 Å². The Morgan fingerprint density at radius 1 is 1.29 bits per heavy atom. The van der Waals surface area contributed by atoms with Gasteiger partial charge in [0, 0.05) is 6.54 Å². The van der Waals surface area contributed by atoms with Crippen LogP contribution in [-0.2, 0) is 6.54 Å². The Labute approximate surface area is 123 Å². The van der Waals surface area contributed by atoms with Gasteiger partial charge in [-0.25, -0.2) is 0 Å². The van der Waals surface area contributed by atoms with Crippen LogP contribution in [0.15, 0.2) is 34.9 Å². The summed E-state index contributed by atoms with van der Waals surface area (Å²) in [5.74, 6) is 3.05. The summed E-state index contributed by atoms with van der Waals surface area (Å²) in [6.07, 6.45) is 1.68. The van der Waals surface area contributed by atoms with Gasteiger partial charge in [-0.1, -0.05) is 0 Å². The van der Waals surface area contributed by atoms with Crippen LogP contribution in [0.4, 0.5) is 0 Å². The molecular weight excluding hydrogens is 270 g/mol. The lowest BCUT2D eigenvalue weighted by Gasteiger charge is -2.22. The van der Waals surface area contributed by atoms with E-state index in [1.165, 1.54) is 0 Å². The Morgan fingerprint density at radius 2 is 2.14 bits per heavy atom. The summed E-state index contributed by atoms with van der Waals surface area (Å²) < 4.78 is 22.0. The molecule has 5 nitrogen and oxygen atoms in total. The van der Waals surface area contributed by atoms with Gasteiger partial charge < -0.3 is 23.9 Å². The number of hydrogen-bond donors (Lipinski definition) is 1. The minimum Gasteiger partial charge on any atom is -0.493 e. The summed E-state index contributed by atoms with van der Waals surface area (Å²) in [5.41, 5.74) is 1.08. The fourth-order valence-electron chi connectivity index (χ4n) is 2.34. The minimum atomic E-state index is 0.138. The first-order valence-corrected chi connectivity index (χ1v) is 7.01. The first kappa shape index (κ1) is 13.8. The molecule has 0 radical (unpaired) electrons. The first-order valence-electron chi connectivity index (χ1n) is 7.01. The molecule has 21 heavy (non-hydrogen) atoms. The van der Waals surface area contributed by atoms with Crippen molar-refractivity contribution < 1.29 is 18.6 Å². The largest absolute Gasteiger partial charge is 0.493 e. The molecule has 1 atom stereocenters. The lowest BCUT2D eigenvalue weighted by atomic mass is 10.1. The van der Waals surface area contributed by atoms with Crippen LogP contribution < -0.4 is 19.5 Å². The lowest BCUT2D eigenvalue weighted by Crippen LogP contribution is -2.19. The monoisotopic (exact) mass is 289 g/mol. The zero-order valence-electron chi connectivity index (χ0n) is 12.2. The third-order valence-corrected chi connectivity index (χ3v) is 3.47. The van der Waals surface area contributed by atoms with Gasteiger partial charge in [-0.05, 0) is 36.8 Å². The van der Waals surface area contributed by atoms with Gasteiger partial charge in [-0.2, -0.15) is 0 Å². The van der Waals surface area contributed by atoms with E-state index in [1.54, 1.807) is 13.4 Å². The minimum absolute atomic E-state index is 0.138. The van der Waals surface area contributed by atoms with Crippen molar-refractivity contribution in [2.75, 3.05) is 20.3 Å². The molecule has 2 heterocycles. The van der Waals surface area contributed by atoms with E-state index in [4.69, 9.17) is 18.6 Å². The molecule has 1 aromatic heterocycles. The van der Waals surface area contributed by atoms with Crippen molar-refractivity contribution in [3.05, 3.63) is 41.9 Å². The molecule has 5 heteroatoms. The van der Waals surface area contributed by atoms with Crippen molar-refractivity contribution >= 4 is 0 Å². The van der Waals surface area contributed by atoms with Gasteiger partial charge in [0.25, 0.3) is 0 Å². The summed E-state index contributed by atoms with van der Waals surface area (Å²) >= 11 is 0. The predicted octanol–water partition coefficient (Wildman–Crippen LogP) is 2.91. The SMILES string of the molecule is COc1cc(CN[C@@H](C)c2ccco2)cc2c1OCCO2. The van der Waals surface area contributed by atoms with Crippen LogP contribution in [0.1, 0.15) is 24.3 Å². The molecule has 2 aromatic rings. The van der Waals surface area contributed by atoms with Crippen LogP contribution >= 0.6 is 0 Å². The van der Waals surface area contributed by atoms with Crippen molar-refractivity contribution in [2.45, 2.75) is 19.5 Å². The fourth-order valence-corrected chi connectivity index (χ4v) is 2.34. The number of benzene rings is 1. The van der Waals surface area contributed by atoms with E-state index >= 15 is 0 Å². The number of ether oxygens (including phenoxy) is 3. The van der Waals surface area contributed by atoms with E-state index in [-0.39, 0.29) is 6.04 Å². The molecular formula is C16H19NO4. The number of rotatable bonds is 5. The number of fused-ring (bicyclic) bond motifs is 1. The second kappa shape index (κ2) is 6.10. The number of hydrogen-bond acceptors (Lipinski definition) is 5. The molecule has 1 N–H and O–H groups in total. The van der Waals surface area contributed by atoms with Crippen LogP contribution in [-0.4, -0.2) is 20.3 Å². The van der Waals surface area contributed by atoms with Crippen molar-refractivity contribution in [1.29, 1.82) is 0 Å². The standard InChI is InChI=1S/C16H19NO4/c1-11(13-4-3-5-19-13)17-10-12-8-14(18-2)16-15(9-12)20-6-7-21-16/h3-5,8-9,11,17H,6-7,10H2,1-2H3/t11-/m0/s1. The average Bonchev–Trinajstić information content (AvgIpc) is 3.06. The first-order chi connectivity index (χ1) is 10.3. The Bertz CT molecular complexity index is 577. The van der Waals surface area contributed by atoms with Crippen LogP contribution in [0.25, 0.3) is 0 Å². The number of methoxy groups -OCH3 is 1. The fraction of sp³-hybridized carbons (Fsp3) is 0.375. The van der Waals surface area contributed by atoms with Gasteiger partial charge in [0.1, 0.15) is 19.0 Å². The number of furan rings is 1. The van der Waals surface area contributed by atoms with Crippen molar-refractivity contribution in [1.82, 2.24) is 5.32 Å². The summed E-state index contributed by atoms with van der Waals surface area (Å²) in [5, 5.41) is 3.41. The van der Waals surface area contributed by atoms with Gasteiger partial charge in [0.05, 0.1) is 19.4 Å². The molecule has 0 fully saturated rings. The van der Waals surface area contributed by atoms with Gasteiger partial charge in [-0.3, -0.25) is 0 Å². The average molecular weight is 289 g/mol. The quantitative estimate of drug-likeness (QED) is 0.917. The molecule has 3 rings (SSSR count). The molecule has 1 aliphatic rings. The predicted molar refractivity (Wildman–Crippen MR) is 77.9 cm³/mol. The summed E-state index contributed by atoms with van der Waals surface area (Å²) in [4.78, 5) is 0. The maximum absolute atomic E-state index is 5.63. The van der Waals surface area contributed by atoms with E-state index in [1.807, 2.05) is 24.3 Å². The van der Waals surface area contributed by atoms with E-state index < -0.39 is 0 Å². The molecule has 1 aliphatic heterocycles. The second-order valence-electron chi connectivity index (χ2n) is 4.94. The van der Waals surface area contributed by atoms with Crippen LogP contribution in [0.3, 0.4) is 0 Å². The summed E-state index contributed by atoms with van der Waals surface area (Å²) in [7, 11) is 1.64. The highest BCUT2D eigenvalue weighted by Crippen LogP contribution is 2.40. The Kier molecular flexibility index (Phi) is 4.01. The van der Waals surface area contributed by atoms with Crippen molar-refractivity contribution in [2.24, 2.45) is 0 Å². The zero-order valence-corrected chi connectivity index (χ0v) is 12.2. The zero-order chi connectivity index (χ0) is 14.7. The highest BCUT2D eigenvalue weighted by molar-refractivity contribution is 5.54. The van der Waals surface area contributed by atoms with Crippen LogP contribution in [0, 0.1) is 0 Å². The Morgan fingerprint density at radius 3 is 2.90 bits per heavy atom. The van der Waals surface area contributed by atoms with Gasteiger partial charge in [0.15, 0.2) is 11.5 Å². The molecule has 0 unspecified atom stereocenters. The molecule has 112 valence electrons. The highest BCUT2D eigenvalue weighted by Gasteiger charge is 2.18. The lowest BCUT2D eigenvalue weighted by molar-refractivity contribution is 0.165. The maximum Gasteiger partial charge on any atom is 0.203 e. The third-order valence-electron chi connectivity index (χ3n) is 3.47. The molecule has 0 amide bonds. The summed E-state index contributed by atoms with van der Waals surface area (Å²) in [6, 6.07) is 7.94. The van der Waals surface area contributed by atoms with E-state index in [0.29, 0.717) is 31.3 Å². The molecule has 0 saturated heterocycles. The second-order valence-corrected chi connectivity index (χ2v) is 4.94. The van der Waals surface area contributed by atoms with Gasteiger partial charge in [-0.15, -0.1) is 0 Å². The highest BCUT2D eigenvalue weighted by atomic mass is 16.6. The molecule has 0 spiro atoms. The molecule has 1 aromatic carbocycles. The van der Waals surface area contributed by atoms with Gasteiger partial charge >= 0.3 is 0 Å². The maximum atomic E-state index is 5.63. The topological polar surface area (TPSA) is 52.9 Å². The van der Waals surface area contributed by atoms with Crippen molar-refractivity contribution in [3.63, 3.8) is 0 Å².